The normalized spacial score (nSPS) is 21.1. The number of alkyl halides is 1. The second-order valence-corrected chi connectivity index (χ2v) is 7.00. The van der Waals surface area contributed by atoms with Gasteiger partial charge in [-0.05, 0) is 37.3 Å². The van der Waals surface area contributed by atoms with Crippen LogP contribution < -0.4 is 0 Å². The Hall–Kier alpha value is -1.56. The van der Waals surface area contributed by atoms with E-state index in [1.54, 1.807) is 6.92 Å². The van der Waals surface area contributed by atoms with Crippen LogP contribution in [0.3, 0.4) is 0 Å². The fourth-order valence-electron chi connectivity index (χ4n) is 2.81. The Morgan fingerprint density at radius 2 is 2.27 bits per heavy atom. The van der Waals surface area contributed by atoms with Gasteiger partial charge in [0.1, 0.15) is 16.0 Å². The van der Waals surface area contributed by atoms with Gasteiger partial charge in [-0.1, -0.05) is 25.2 Å². The van der Waals surface area contributed by atoms with E-state index in [0.29, 0.717) is 36.4 Å². The number of esters is 1. The molecule has 0 saturated heterocycles. The molecule has 0 N–H and O–H groups in total. The van der Waals surface area contributed by atoms with Crippen LogP contribution in [-0.4, -0.2) is 28.2 Å². The number of rotatable bonds is 3. The molecule has 4 nitrogen and oxygen atoms in total. The Morgan fingerprint density at radius 3 is 2.95 bits per heavy atom. The summed E-state index contributed by atoms with van der Waals surface area (Å²) in [4.78, 5) is 21.4. The average Bonchev–Trinajstić information content (AvgIpc) is 2.88. The Labute approximate surface area is 132 Å². The largest absolute Gasteiger partial charge is 0.461 e. The smallest absolute Gasteiger partial charge is 0.367 e. The van der Waals surface area contributed by atoms with Crippen LogP contribution in [0.1, 0.15) is 48.3 Å². The van der Waals surface area contributed by atoms with Crippen LogP contribution >= 0.6 is 11.3 Å². The number of thiazole rings is 1. The second kappa shape index (κ2) is 5.57. The van der Waals surface area contributed by atoms with Gasteiger partial charge in [-0.15, -0.1) is 0 Å². The van der Waals surface area contributed by atoms with Gasteiger partial charge in [-0.2, -0.15) is 0 Å². The first-order valence-corrected chi connectivity index (χ1v) is 8.40. The van der Waals surface area contributed by atoms with Gasteiger partial charge in [-0.3, -0.25) is 0 Å². The van der Waals surface area contributed by atoms with Crippen LogP contribution in [0.4, 0.5) is 4.39 Å². The van der Waals surface area contributed by atoms with Crippen LogP contribution in [0, 0.1) is 5.92 Å². The van der Waals surface area contributed by atoms with E-state index in [2.05, 4.69) is 9.97 Å². The highest BCUT2D eigenvalue weighted by molar-refractivity contribution is 7.19. The van der Waals surface area contributed by atoms with Gasteiger partial charge in [-0.25, -0.2) is 19.2 Å². The first-order chi connectivity index (χ1) is 10.4. The Kier molecular flexibility index (Phi) is 3.89. The molecule has 1 aliphatic carbocycles. The number of aromatic nitrogens is 2. The molecule has 0 aliphatic heterocycles. The number of hydrogen-bond donors (Lipinski definition) is 0. The molecular formula is C16H19FN2O2S. The lowest BCUT2D eigenvalue weighted by Crippen LogP contribution is -2.36. The number of carbonyl (C=O) groups excluding carboxylic acids is 1. The van der Waals surface area contributed by atoms with Crippen LogP contribution in [0.15, 0.2) is 6.07 Å². The molecule has 0 aromatic carbocycles. The van der Waals surface area contributed by atoms with Crippen molar-refractivity contribution in [3.63, 3.8) is 0 Å². The van der Waals surface area contributed by atoms with E-state index in [1.807, 2.05) is 19.9 Å². The summed E-state index contributed by atoms with van der Waals surface area (Å²) in [5.41, 5.74) is 1.32. The monoisotopic (exact) mass is 322 g/mol. The second-order valence-electron chi connectivity index (χ2n) is 6.02. The summed E-state index contributed by atoms with van der Waals surface area (Å²) < 4.78 is 19.9. The Bertz CT molecular complexity index is 728. The number of nitrogens with zero attached hydrogens (tertiary/aromatic N) is 2. The predicted octanol–water partition coefficient (Wildman–Crippen LogP) is 3.72. The zero-order chi connectivity index (χ0) is 15.9. The summed E-state index contributed by atoms with van der Waals surface area (Å²) in [5.74, 6) is -0.452. The van der Waals surface area contributed by atoms with Crippen molar-refractivity contribution < 1.29 is 13.9 Å². The van der Waals surface area contributed by atoms with Crippen molar-refractivity contribution in [3.8, 4) is 0 Å². The van der Waals surface area contributed by atoms with Crippen molar-refractivity contribution in [2.24, 2.45) is 5.92 Å². The molecule has 1 aliphatic rings. The van der Waals surface area contributed by atoms with E-state index in [0.717, 1.165) is 16.1 Å². The van der Waals surface area contributed by atoms with Crippen molar-refractivity contribution in [1.82, 2.24) is 9.97 Å². The highest BCUT2D eigenvalue weighted by Gasteiger charge is 2.38. The molecule has 2 heterocycles. The van der Waals surface area contributed by atoms with Crippen molar-refractivity contribution >= 4 is 27.7 Å². The van der Waals surface area contributed by atoms with Gasteiger partial charge < -0.3 is 4.74 Å². The van der Waals surface area contributed by atoms with E-state index in [9.17, 15) is 9.18 Å². The SMILES string of the molecule is CCOC(=O)c1nc2cc3c(nc2s1)CC[C@](F)(C(C)C)C3. The number of halogens is 1. The summed E-state index contributed by atoms with van der Waals surface area (Å²) in [5, 5.41) is 0.307. The van der Waals surface area contributed by atoms with E-state index in [-0.39, 0.29) is 5.92 Å². The third-order valence-electron chi connectivity index (χ3n) is 4.30. The Morgan fingerprint density at radius 1 is 1.50 bits per heavy atom. The van der Waals surface area contributed by atoms with Gasteiger partial charge in [0.2, 0.25) is 5.01 Å². The minimum absolute atomic E-state index is 0.0260. The van der Waals surface area contributed by atoms with Crippen LogP contribution in [0.2, 0.25) is 0 Å². The molecule has 3 rings (SSSR count). The van der Waals surface area contributed by atoms with Gasteiger partial charge in [0, 0.05) is 12.1 Å². The first kappa shape index (κ1) is 15.3. The lowest BCUT2D eigenvalue weighted by atomic mass is 9.77. The van der Waals surface area contributed by atoms with Gasteiger partial charge in [0.25, 0.3) is 0 Å². The van der Waals surface area contributed by atoms with Crippen LogP contribution in [0.25, 0.3) is 10.3 Å². The topological polar surface area (TPSA) is 52.1 Å². The standard InChI is InChI=1S/C16H19FN2O2S/c1-4-21-15(20)14-19-12-7-10-8-16(17,9(2)3)6-5-11(10)18-13(12)22-14/h7,9H,4-6,8H2,1-3H3/t16-/m1/s1. The highest BCUT2D eigenvalue weighted by Crippen LogP contribution is 2.38. The minimum Gasteiger partial charge on any atom is -0.461 e. The fraction of sp³-hybridized carbons (Fsp3) is 0.562. The summed E-state index contributed by atoms with van der Waals surface area (Å²) in [6, 6.07) is 1.88. The number of hydrogen-bond acceptors (Lipinski definition) is 5. The van der Waals surface area contributed by atoms with Crippen molar-refractivity contribution in [2.75, 3.05) is 6.61 Å². The van der Waals surface area contributed by atoms with Gasteiger partial charge in [0.15, 0.2) is 0 Å². The van der Waals surface area contributed by atoms with E-state index in [1.165, 1.54) is 11.3 Å². The van der Waals surface area contributed by atoms with E-state index in [4.69, 9.17) is 4.74 Å². The van der Waals surface area contributed by atoms with E-state index >= 15 is 0 Å². The lowest BCUT2D eigenvalue weighted by Gasteiger charge is -2.33. The molecule has 118 valence electrons. The van der Waals surface area contributed by atoms with Crippen LogP contribution in [0.5, 0.6) is 0 Å². The summed E-state index contributed by atoms with van der Waals surface area (Å²) in [7, 11) is 0. The third kappa shape index (κ3) is 2.60. The molecule has 2 aromatic heterocycles. The molecule has 0 unspecified atom stereocenters. The maximum atomic E-state index is 14.9. The molecule has 1 atom stereocenters. The molecule has 0 fully saturated rings. The maximum Gasteiger partial charge on any atom is 0.367 e. The molecule has 0 saturated carbocycles. The summed E-state index contributed by atoms with van der Waals surface area (Å²) in [6.45, 7) is 5.91. The van der Waals surface area contributed by atoms with Crippen molar-refractivity contribution in [1.29, 1.82) is 0 Å². The molecule has 0 radical (unpaired) electrons. The summed E-state index contributed by atoms with van der Waals surface area (Å²) >= 11 is 1.23. The fourth-order valence-corrected chi connectivity index (χ4v) is 3.65. The molecule has 2 aromatic rings. The number of ether oxygens (including phenoxy) is 1. The minimum atomic E-state index is -1.18. The molecule has 6 heteroatoms. The summed E-state index contributed by atoms with van der Waals surface area (Å²) in [6.07, 6.45) is 1.50. The van der Waals surface area contributed by atoms with E-state index < -0.39 is 11.6 Å². The third-order valence-corrected chi connectivity index (χ3v) is 5.24. The molecule has 0 amide bonds. The zero-order valence-corrected chi connectivity index (χ0v) is 13.8. The zero-order valence-electron chi connectivity index (χ0n) is 13.0. The number of pyridine rings is 1. The predicted molar refractivity (Wildman–Crippen MR) is 84.1 cm³/mol. The highest BCUT2D eigenvalue weighted by atomic mass is 32.1. The first-order valence-electron chi connectivity index (χ1n) is 7.58. The molecule has 0 bridgehead atoms. The van der Waals surface area contributed by atoms with Gasteiger partial charge in [0.05, 0.1) is 6.61 Å². The van der Waals surface area contributed by atoms with Crippen molar-refractivity contribution in [2.45, 2.75) is 45.7 Å². The number of carbonyl (C=O) groups is 1. The number of fused-ring (bicyclic) bond motifs is 2. The average molecular weight is 322 g/mol. The molecule has 0 spiro atoms. The quantitative estimate of drug-likeness (QED) is 0.808. The maximum absolute atomic E-state index is 14.9. The van der Waals surface area contributed by atoms with Crippen LogP contribution in [-0.2, 0) is 17.6 Å². The molecular weight excluding hydrogens is 303 g/mol. The van der Waals surface area contributed by atoms with Gasteiger partial charge >= 0.3 is 5.97 Å². The number of aryl methyl sites for hydroxylation is 1. The van der Waals surface area contributed by atoms with Crippen molar-refractivity contribution in [3.05, 3.63) is 22.3 Å². The lowest BCUT2D eigenvalue weighted by molar-refractivity contribution is 0.0526. The Balaban J connectivity index is 1.98. The molecule has 22 heavy (non-hydrogen) atoms.